The summed E-state index contributed by atoms with van der Waals surface area (Å²) in [5.74, 6) is -0.227. The summed E-state index contributed by atoms with van der Waals surface area (Å²) in [6.07, 6.45) is 2.00. The molecule has 0 saturated heterocycles. The van der Waals surface area contributed by atoms with Gasteiger partial charge in [0.1, 0.15) is 23.2 Å². The molecule has 32 heavy (non-hydrogen) atoms. The Morgan fingerprint density at radius 3 is 2.69 bits per heavy atom. The van der Waals surface area contributed by atoms with E-state index in [0.717, 1.165) is 14.7 Å². The number of amides is 1. The second-order valence-corrected chi connectivity index (χ2v) is 8.39. The first-order valence-electron chi connectivity index (χ1n) is 9.78. The van der Waals surface area contributed by atoms with E-state index in [0.29, 0.717) is 35.1 Å². The molecule has 0 aliphatic carbocycles. The number of benzene rings is 3. The van der Waals surface area contributed by atoms with Gasteiger partial charge in [-0.2, -0.15) is 5.26 Å². The van der Waals surface area contributed by atoms with Crippen LogP contribution in [0.4, 0.5) is 10.1 Å². The summed E-state index contributed by atoms with van der Waals surface area (Å²) < 4.78 is 20.3. The van der Waals surface area contributed by atoms with Crippen molar-refractivity contribution in [3.8, 4) is 11.8 Å². The average molecular weight is 561 g/mol. The van der Waals surface area contributed by atoms with Crippen LogP contribution in [0.3, 0.4) is 0 Å². The van der Waals surface area contributed by atoms with Gasteiger partial charge in [0.25, 0.3) is 5.91 Å². The Morgan fingerprint density at radius 1 is 1.22 bits per heavy atom. The van der Waals surface area contributed by atoms with Crippen LogP contribution in [-0.2, 0) is 11.2 Å². The molecule has 0 radical (unpaired) electrons. The van der Waals surface area contributed by atoms with Gasteiger partial charge in [0.15, 0.2) is 0 Å². The van der Waals surface area contributed by atoms with Gasteiger partial charge < -0.3 is 10.1 Å². The predicted octanol–water partition coefficient (Wildman–Crippen LogP) is 6.62. The lowest BCUT2D eigenvalue weighted by Gasteiger charge is -2.14. The van der Waals surface area contributed by atoms with Crippen LogP contribution in [0.15, 0.2) is 66.2 Å². The Labute approximate surface area is 204 Å². The first-order chi connectivity index (χ1) is 15.4. The molecule has 0 atom stereocenters. The molecule has 0 aromatic heterocycles. The van der Waals surface area contributed by atoms with Crippen molar-refractivity contribution >= 4 is 51.9 Å². The van der Waals surface area contributed by atoms with Gasteiger partial charge in [-0.25, -0.2) is 4.39 Å². The summed E-state index contributed by atoms with van der Waals surface area (Å²) in [7, 11) is 0. The zero-order chi connectivity index (χ0) is 23.1. The smallest absolute Gasteiger partial charge is 0.266 e. The minimum absolute atomic E-state index is 0.0685. The van der Waals surface area contributed by atoms with Crippen molar-refractivity contribution < 1.29 is 13.9 Å². The molecule has 0 fully saturated rings. The Kier molecular flexibility index (Phi) is 8.26. The fraction of sp³-hybridized carbons (Fsp3) is 0.120. The van der Waals surface area contributed by atoms with Crippen LogP contribution in [0, 0.1) is 20.7 Å². The van der Waals surface area contributed by atoms with Crippen LogP contribution in [0.2, 0.25) is 5.02 Å². The minimum Gasteiger partial charge on any atom is -0.494 e. The van der Waals surface area contributed by atoms with E-state index in [1.807, 2.05) is 25.1 Å². The van der Waals surface area contributed by atoms with E-state index in [1.54, 1.807) is 36.4 Å². The topological polar surface area (TPSA) is 62.1 Å². The Morgan fingerprint density at radius 2 is 2.00 bits per heavy atom. The number of anilines is 1. The monoisotopic (exact) mass is 560 g/mol. The van der Waals surface area contributed by atoms with Gasteiger partial charge in [0.2, 0.25) is 0 Å². The average Bonchev–Trinajstić information content (AvgIpc) is 2.76. The summed E-state index contributed by atoms with van der Waals surface area (Å²) in [6.45, 7) is 2.32. The molecule has 162 valence electrons. The largest absolute Gasteiger partial charge is 0.494 e. The number of ether oxygens (including phenoxy) is 1. The quantitative estimate of drug-likeness (QED) is 0.201. The summed E-state index contributed by atoms with van der Waals surface area (Å²) in [5.41, 5.74) is 2.74. The van der Waals surface area contributed by atoms with E-state index in [-0.39, 0.29) is 11.4 Å². The molecule has 0 spiro atoms. The van der Waals surface area contributed by atoms with Crippen molar-refractivity contribution in [2.45, 2.75) is 13.3 Å². The first-order valence-corrected chi connectivity index (χ1v) is 11.2. The van der Waals surface area contributed by atoms with Crippen molar-refractivity contribution in [1.29, 1.82) is 5.26 Å². The number of carbonyl (C=O) groups excluding carboxylic acids is 1. The second kappa shape index (κ2) is 11.1. The fourth-order valence-electron chi connectivity index (χ4n) is 3.09. The number of nitriles is 1. The highest BCUT2D eigenvalue weighted by atomic mass is 127. The number of rotatable bonds is 7. The van der Waals surface area contributed by atoms with Crippen LogP contribution in [0.25, 0.3) is 6.08 Å². The minimum atomic E-state index is -0.558. The van der Waals surface area contributed by atoms with E-state index < -0.39 is 5.91 Å². The number of hydrogen-bond acceptors (Lipinski definition) is 3. The Balaban J connectivity index is 1.92. The molecular formula is C25H19ClFIN2O2. The van der Waals surface area contributed by atoms with Crippen molar-refractivity contribution in [2.24, 2.45) is 0 Å². The van der Waals surface area contributed by atoms with Gasteiger partial charge in [-0.3, -0.25) is 4.79 Å². The van der Waals surface area contributed by atoms with Gasteiger partial charge in [0, 0.05) is 15.6 Å². The number of hydrogen-bond donors (Lipinski definition) is 1. The van der Waals surface area contributed by atoms with Gasteiger partial charge in [-0.1, -0.05) is 35.9 Å². The van der Waals surface area contributed by atoms with Gasteiger partial charge in [-0.15, -0.1) is 0 Å². The zero-order valence-corrected chi connectivity index (χ0v) is 20.1. The van der Waals surface area contributed by atoms with Gasteiger partial charge >= 0.3 is 0 Å². The number of halogens is 3. The molecule has 0 unspecified atom stereocenters. The van der Waals surface area contributed by atoms with Crippen LogP contribution < -0.4 is 10.1 Å². The molecule has 0 aliphatic heterocycles. The normalized spacial score (nSPS) is 11.0. The first kappa shape index (κ1) is 23.8. The predicted molar refractivity (Wildman–Crippen MR) is 133 cm³/mol. The highest BCUT2D eigenvalue weighted by molar-refractivity contribution is 14.1. The molecule has 0 aliphatic rings. The lowest BCUT2D eigenvalue weighted by molar-refractivity contribution is -0.112. The molecule has 1 N–H and O–H groups in total. The Hall–Kier alpha value is -2.89. The SMILES string of the molecule is CCOc1cc(/C=C(\C#N)C(=O)Nc2ccccc2Cl)cc(I)c1Cc1cccc(F)c1. The molecule has 0 heterocycles. The van der Waals surface area contributed by atoms with E-state index in [1.165, 1.54) is 18.2 Å². The second-order valence-electron chi connectivity index (χ2n) is 6.82. The fourth-order valence-corrected chi connectivity index (χ4v) is 4.09. The summed E-state index contributed by atoms with van der Waals surface area (Å²) in [6, 6.07) is 18.8. The number of nitrogens with one attached hydrogen (secondary N) is 1. The molecule has 3 rings (SSSR count). The summed E-state index contributed by atoms with van der Waals surface area (Å²) in [5, 5.41) is 12.6. The van der Waals surface area contributed by atoms with E-state index >= 15 is 0 Å². The third-order valence-corrected chi connectivity index (χ3v) is 5.84. The standard InChI is InChI=1S/C25H19ClFIN2O2/c1-2-32-24-14-17(13-22(28)20(24)12-16-6-5-7-19(27)11-16)10-18(15-29)25(31)30-23-9-4-3-8-21(23)26/h3-11,13-14H,2,12H2,1H3,(H,30,31)/b18-10+. The highest BCUT2D eigenvalue weighted by Gasteiger charge is 2.15. The number of nitrogens with zero attached hydrogens (tertiary/aromatic N) is 1. The summed E-state index contributed by atoms with van der Waals surface area (Å²) in [4.78, 5) is 12.6. The molecule has 1 amide bonds. The molecule has 3 aromatic rings. The maximum absolute atomic E-state index is 13.6. The van der Waals surface area contributed by atoms with Crippen LogP contribution in [0.1, 0.15) is 23.6 Å². The molecule has 4 nitrogen and oxygen atoms in total. The highest BCUT2D eigenvalue weighted by Crippen LogP contribution is 2.30. The van der Waals surface area contributed by atoms with E-state index in [9.17, 15) is 14.4 Å². The van der Waals surface area contributed by atoms with Gasteiger partial charge in [-0.05, 0) is 83.1 Å². The number of carbonyl (C=O) groups is 1. The number of para-hydroxylation sites is 1. The van der Waals surface area contributed by atoms with Gasteiger partial charge in [0.05, 0.1) is 17.3 Å². The molecular weight excluding hydrogens is 542 g/mol. The molecule has 7 heteroatoms. The molecule has 0 bridgehead atoms. The van der Waals surface area contributed by atoms with Crippen LogP contribution in [-0.4, -0.2) is 12.5 Å². The van der Waals surface area contributed by atoms with Crippen molar-refractivity contribution in [3.05, 3.63) is 97.3 Å². The molecule has 0 saturated carbocycles. The lowest BCUT2D eigenvalue weighted by Crippen LogP contribution is -2.13. The van der Waals surface area contributed by atoms with E-state index in [2.05, 4.69) is 27.9 Å². The van der Waals surface area contributed by atoms with Crippen LogP contribution >= 0.6 is 34.2 Å². The molecule has 3 aromatic carbocycles. The van der Waals surface area contributed by atoms with Crippen molar-refractivity contribution in [3.63, 3.8) is 0 Å². The third-order valence-electron chi connectivity index (χ3n) is 4.54. The Bertz CT molecular complexity index is 1220. The third kappa shape index (κ3) is 6.09. The summed E-state index contributed by atoms with van der Waals surface area (Å²) >= 11 is 8.27. The maximum Gasteiger partial charge on any atom is 0.266 e. The van der Waals surface area contributed by atoms with Crippen molar-refractivity contribution in [2.75, 3.05) is 11.9 Å². The van der Waals surface area contributed by atoms with Crippen LogP contribution in [0.5, 0.6) is 5.75 Å². The zero-order valence-electron chi connectivity index (χ0n) is 17.2. The van der Waals surface area contributed by atoms with Crippen molar-refractivity contribution in [1.82, 2.24) is 0 Å². The maximum atomic E-state index is 13.6. The lowest BCUT2D eigenvalue weighted by atomic mass is 10.0. The van der Waals surface area contributed by atoms with E-state index in [4.69, 9.17) is 16.3 Å².